The average molecular weight is 329 g/mol. The van der Waals surface area contributed by atoms with E-state index in [4.69, 9.17) is 16.0 Å². The Morgan fingerprint density at radius 3 is 2.96 bits per heavy atom. The number of hydrazone groups is 1. The van der Waals surface area contributed by atoms with Gasteiger partial charge in [0.1, 0.15) is 11.3 Å². The fourth-order valence-corrected chi connectivity index (χ4v) is 2.46. The number of halogens is 1. The summed E-state index contributed by atoms with van der Waals surface area (Å²) in [6, 6.07) is 10.2. The highest BCUT2D eigenvalue weighted by Gasteiger charge is 2.16. The highest BCUT2D eigenvalue weighted by atomic mass is 35.5. The molecule has 2 N–H and O–H groups in total. The van der Waals surface area contributed by atoms with Gasteiger partial charge < -0.3 is 9.52 Å². The van der Waals surface area contributed by atoms with Gasteiger partial charge in [-0.2, -0.15) is 5.10 Å². The Morgan fingerprint density at radius 1 is 1.35 bits per heavy atom. The number of phenolic OH excluding ortho intramolecular Hbond substituents is 1. The van der Waals surface area contributed by atoms with Gasteiger partial charge in [0, 0.05) is 5.02 Å². The van der Waals surface area contributed by atoms with Crippen LogP contribution in [0.5, 0.6) is 5.75 Å². The van der Waals surface area contributed by atoms with Crippen molar-refractivity contribution < 1.29 is 14.3 Å². The van der Waals surface area contributed by atoms with E-state index in [1.807, 2.05) is 0 Å². The summed E-state index contributed by atoms with van der Waals surface area (Å²) in [7, 11) is 0. The normalized spacial score (nSPS) is 11.2. The molecule has 0 saturated carbocycles. The minimum Gasteiger partial charge on any atom is -0.506 e. The van der Waals surface area contributed by atoms with Crippen LogP contribution in [0.15, 0.2) is 52.2 Å². The summed E-state index contributed by atoms with van der Waals surface area (Å²) in [5.41, 5.74) is 4.55. The Balaban J connectivity index is 1.81. The van der Waals surface area contributed by atoms with E-state index >= 15 is 0 Å². The van der Waals surface area contributed by atoms with Gasteiger partial charge in [-0.3, -0.25) is 4.79 Å². The van der Waals surface area contributed by atoms with Crippen molar-refractivity contribution in [3.8, 4) is 5.75 Å². The average Bonchev–Trinajstić information content (AvgIpc) is 2.90. The molecule has 0 aliphatic rings. The number of aryl methyl sites for hydroxylation is 1. The van der Waals surface area contributed by atoms with Crippen LogP contribution in [0.25, 0.3) is 11.0 Å². The molecule has 6 heteroatoms. The van der Waals surface area contributed by atoms with E-state index in [-0.39, 0.29) is 11.3 Å². The number of carbonyl (C=O) groups is 1. The van der Waals surface area contributed by atoms with Gasteiger partial charge in [-0.05, 0) is 42.3 Å². The molecule has 0 spiro atoms. The number of hydrogen-bond donors (Lipinski definition) is 2. The molecule has 23 heavy (non-hydrogen) atoms. The maximum absolute atomic E-state index is 12.2. The molecule has 2 aromatic carbocycles. The Hall–Kier alpha value is -2.79. The van der Waals surface area contributed by atoms with Gasteiger partial charge in [-0.15, -0.1) is 0 Å². The maximum atomic E-state index is 12.2. The number of rotatable bonds is 3. The molecular weight excluding hydrogens is 316 g/mol. The number of nitrogens with one attached hydrogen (secondary N) is 1. The number of fused-ring (bicyclic) bond motifs is 1. The third kappa shape index (κ3) is 3.05. The fraction of sp³-hybridized carbons (Fsp3) is 0.0588. The minimum atomic E-state index is -0.511. The van der Waals surface area contributed by atoms with Gasteiger partial charge in [-0.1, -0.05) is 23.7 Å². The van der Waals surface area contributed by atoms with Crippen molar-refractivity contribution in [1.29, 1.82) is 0 Å². The second-order valence-corrected chi connectivity index (χ2v) is 5.44. The number of carbonyl (C=O) groups excluding carboxylic acids is 1. The molecule has 1 heterocycles. The summed E-state index contributed by atoms with van der Waals surface area (Å²) in [4.78, 5) is 12.2. The number of amides is 1. The molecule has 116 valence electrons. The number of hydrogen-bond acceptors (Lipinski definition) is 4. The Kier molecular flexibility index (Phi) is 4.04. The van der Waals surface area contributed by atoms with Crippen molar-refractivity contribution in [3.05, 3.63) is 64.4 Å². The molecule has 0 aliphatic heterocycles. The molecule has 1 amide bonds. The van der Waals surface area contributed by atoms with E-state index in [1.165, 1.54) is 18.5 Å². The fourth-order valence-electron chi connectivity index (χ4n) is 2.26. The van der Waals surface area contributed by atoms with Gasteiger partial charge in [0.25, 0.3) is 5.91 Å². The Morgan fingerprint density at radius 2 is 2.17 bits per heavy atom. The molecule has 0 bridgehead atoms. The number of benzene rings is 2. The first-order valence-electron chi connectivity index (χ1n) is 6.85. The Bertz CT molecular complexity index is 915. The predicted molar refractivity (Wildman–Crippen MR) is 89.1 cm³/mol. The topological polar surface area (TPSA) is 74.8 Å². The largest absolute Gasteiger partial charge is 0.506 e. The molecular formula is C17H13ClN2O3. The molecule has 3 aromatic rings. The van der Waals surface area contributed by atoms with E-state index in [2.05, 4.69) is 10.5 Å². The van der Waals surface area contributed by atoms with Crippen molar-refractivity contribution in [2.75, 3.05) is 0 Å². The zero-order chi connectivity index (χ0) is 16.4. The molecule has 0 fully saturated rings. The van der Waals surface area contributed by atoms with Crippen LogP contribution in [0.3, 0.4) is 0 Å². The smallest absolute Gasteiger partial charge is 0.275 e. The van der Waals surface area contributed by atoms with Crippen LogP contribution < -0.4 is 5.43 Å². The van der Waals surface area contributed by atoms with Crippen LogP contribution >= 0.6 is 11.6 Å². The lowest BCUT2D eigenvalue weighted by atomic mass is 10.1. The number of phenols is 1. The van der Waals surface area contributed by atoms with Crippen molar-refractivity contribution in [2.45, 2.75) is 6.92 Å². The number of furan rings is 1. The molecule has 0 radical (unpaired) electrons. The zero-order valence-electron chi connectivity index (χ0n) is 12.2. The summed E-state index contributed by atoms with van der Waals surface area (Å²) < 4.78 is 5.28. The molecule has 0 aliphatic carbocycles. The molecule has 0 unspecified atom stereocenters. The van der Waals surface area contributed by atoms with Crippen molar-refractivity contribution >= 4 is 34.7 Å². The molecule has 0 atom stereocenters. The number of aromatic hydroxyl groups is 1. The Labute approximate surface area is 137 Å². The van der Waals surface area contributed by atoms with Gasteiger partial charge >= 0.3 is 0 Å². The van der Waals surface area contributed by atoms with Crippen molar-refractivity contribution in [3.63, 3.8) is 0 Å². The minimum absolute atomic E-state index is 0.121. The van der Waals surface area contributed by atoms with Crippen LogP contribution in [-0.2, 0) is 0 Å². The van der Waals surface area contributed by atoms with Crippen LogP contribution in [0, 0.1) is 6.92 Å². The summed E-state index contributed by atoms with van der Waals surface area (Å²) in [6.07, 6.45) is 3.01. The van der Waals surface area contributed by atoms with Crippen LogP contribution in [0.1, 0.15) is 21.5 Å². The van der Waals surface area contributed by atoms with Gasteiger partial charge in [0.05, 0.1) is 23.4 Å². The summed E-state index contributed by atoms with van der Waals surface area (Å²) in [5, 5.41) is 15.2. The van der Waals surface area contributed by atoms with E-state index in [9.17, 15) is 9.90 Å². The standard InChI is InChI=1S/C17H13ClN2O3/c1-10-9-23-14-6-5-13(16(21)15(10)14)17(22)20-19-8-11-3-2-4-12(18)7-11/h2-9,21H,1H3,(H,20,22)/b19-8+. The molecule has 1 aromatic heterocycles. The second kappa shape index (κ2) is 6.14. The van der Waals surface area contributed by atoms with Crippen LogP contribution in [-0.4, -0.2) is 17.2 Å². The van der Waals surface area contributed by atoms with Crippen molar-refractivity contribution in [1.82, 2.24) is 5.43 Å². The molecule has 3 rings (SSSR count). The van der Waals surface area contributed by atoms with Crippen molar-refractivity contribution in [2.24, 2.45) is 5.10 Å². The summed E-state index contributed by atoms with van der Waals surface area (Å²) in [6.45, 7) is 1.80. The highest BCUT2D eigenvalue weighted by molar-refractivity contribution is 6.30. The SMILES string of the molecule is Cc1coc2ccc(C(=O)N/N=C/c3cccc(Cl)c3)c(O)c12. The lowest BCUT2D eigenvalue weighted by molar-refractivity contribution is 0.0952. The molecule has 0 saturated heterocycles. The molecule has 5 nitrogen and oxygen atoms in total. The first-order valence-corrected chi connectivity index (χ1v) is 7.23. The second-order valence-electron chi connectivity index (χ2n) is 5.01. The lowest BCUT2D eigenvalue weighted by Crippen LogP contribution is -2.17. The highest BCUT2D eigenvalue weighted by Crippen LogP contribution is 2.32. The monoisotopic (exact) mass is 328 g/mol. The van der Waals surface area contributed by atoms with Gasteiger partial charge in [-0.25, -0.2) is 5.43 Å². The van der Waals surface area contributed by atoms with E-state index in [0.717, 1.165) is 11.1 Å². The summed E-state index contributed by atoms with van der Waals surface area (Å²) in [5.74, 6) is -0.632. The quantitative estimate of drug-likeness (QED) is 0.566. The lowest BCUT2D eigenvalue weighted by Gasteiger charge is -2.04. The third-order valence-electron chi connectivity index (χ3n) is 3.37. The predicted octanol–water partition coefficient (Wildman–Crippen LogP) is 3.86. The zero-order valence-corrected chi connectivity index (χ0v) is 13.0. The third-order valence-corrected chi connectivity index (χ3v) is 3.60. The van der Waals surface area contributed by atoms with Gasteiger partial charge in [0.2, 0.25) is 0 Å². The number of nitrogens with zero attached hydrogens (tertiary/aromatic N) is 1. The first-order chi connectivity index (χ1) is 11.1. The van der Waals surface area contributed by atoms with E-state index < -0.39 is 5.91 Å². The van der Waals surface area contributed by atoms with E-state index in [0.29, 0.717) is 16.0 Å². The maximum Gasteiger partial charge on any atom is 0.275 e. The van der Waals surface area contributed by atoms with E-state index in [1.54, 1.807) is 37.3 Å². The first kappa shape index (κ1) is 15.1. The van der Waals surface area contributed by atoms with Crippen LogP contribution in [0.2, 0.25) is 5.02 Å². The summed E-state index contributed by atoms with van der Waals surface area (Å²) >= 11 is 5.87. The van der Waals surface area contributed by atoms with Gasteiger partial charge in [0.15, 0.2) is 0 Å². The van der Waals surface area contributed by atoms with Crippen LogP contribution in [0.4, 0.5) is 0 Å².